The normalized spacial score (nSPS) is 9.73. The first-order valence-corrected chi connectivity index (χ1v) is 3.85. The second-order valence-electron chi connectivity index (χ2n) is 2.29. The first-order valence-electron chi connectivity index (χ1n) is 3.06. The minimum atomic E-state index is 0.462. The SMILES string of the molecule is CN(C)c1ncnc(N)c1Br. The molecule has 0 bridgehead atoms. The number of nitrogens with two attached hydrogens (primary N) is 1. The molecule has 1 heterocycles. The molecule has 1 rings (SSSR count). The maximum absolute atomic E-state index is 5.53. The number of halogens is 1. The van der Waals surface area contributed by atoms with E-state index in [0.29, 0.717) is 5.82 Å². The van der Waals surface area contributed by atoms with Crippen molar-refractivity contribution in [3.05, 3.63) is 10.8 Å². The lowest BCUT2D eigenvalue weighted by Crippen LogP contribution is -2.12. The van der Waals surface area contributed by atoms with Crippen LogP contribution in [0.5, 0.6) is 0 Å². The van der Waals surface area contributed by atoms with E-state index >= 15 is 0 Å². The van der Waals surface area contributed by atoms with Gasteiger partial charge in [0.1, 0.15) is 22.4 Å². The van der Waals surface area contributed by atoms with E-state index in [1.54, 1.807) is 0 Å². The molecule has 1 aromatic heterocycles. The highest BCUT2D eigenvalue weighted by Gasteiger charge is 2.06. The molecule has 0 spiro atoms. The molecule has 1 aromatic rings. The summed E-state index contributed by atoms with van der Waals surface area (Å²) in [4.78, 5) is 9.70. The van der Waals surface area contributed by atoms with E-state index in [2.05, 4.69) is 25.9 Å². The zero-order chi connectivity index (χ0) is 8.43. The number of rotatable bonds is 1. The van der Waals surface area contributed by atoms with Gasteiger partial charge in [-0.2, -0.15) is 0 Å². The molecule has 60 valence electrons. The Kier molecular flexibility index (Phi) is 2.28. The van der Waals surface area contributed by atoms with Crippen molar-refractivity contribution >= 4 is 27.6 Å². The van der Waals surface area contributed by atoms with Gasteiger partial charge in [-0.05, 0) is 15.9 Å². The van der Waals surface area contributed by atoms with Gasteiger partial charge in [0.05, 0.1) is 0 Å². The van der Waals surface area contributed by atoms with Crippen molar-refractivity contribution in [2.45, 2.75) is 0 Å². The molecule has 0 unspecified atom stereocenters. The summed E-state index contributed by atoms with van der Waals surface area (Å²) in [6.45, 7) is 0. The van der Waals surface area contributed by atoms with Gasteiger partial charge < -0.3 is 10.6 Å². The van der Waals surface area contributed by atoms with Crippen LogP contribution >= 0.6 is 15.9 Å². The number of anilines is 2. The van der Waals surface area contributed by atoms with Gasteiger partial charge in [-0.3, -0.25) is 0 Å². The Morgan fingerprint density at radius 1 is 1.45 bits per heavy atom. The van der Waals surface area contributed by atoms with Gasteiger partial charge in [-0.25, -0.2) is 9.97 Å². The van der Waals surface area contributed by atoms with Gasteiger partial charge in [-0.15, -0.1) is 0 Å². The zero-order valence-corrected chi connectivity index (χ0v) is 7.96. The van der Waals surface area contributed by atoms with E-state index < -0.39 is 0 Å². The van der Waals surface area contributed by atoms with Crippen LogP contribution in [-0.4, -0.2) is 24.1 Å². The molecule has 5 heteroatoms. The lowest BCUT2D eigenvalue weighted by atomic mass is 10.5. The number of aromatic nitrogens is 2. The molecule has 0 saturated carbocycles. The maximum atomic E-state index is 5.53. The largest absolute Gasteiger partial charge is 0.383 e. The number of nitrogen functional groups attached to an aromatic ring is 1. The summed E-state index contributed by atoms with van der Waals surface area (Å²) in [6, 6.07) is 0. The number of hydrogen-bond donors (Lipinski definition) is 1. The predicted molar refractivity (Wildman–Crippen MR) is 48.5 cm³/mol. The van der Waals surface area contributed by atoms with Crippen LogP contribution in [0, 0.1) is 0 Å². The van der Waals surface area contributed by atoms with Crippen molar-refractivity contribution in [2.75, 3.05) is 24.7 Å². The molecule has 2 N–H and O–H groups in total. The number of hydrogen-bond acceptors (Lipinski definition) is 4. The molecule has 0 amide bonds. The summed E-state index contributed by atoms with van der Waals surface area (Å²) in [6.07, 6.45) is 1.44. The summed E-state index contributed by atoms with van der Waals surface area (Å²) in [5, 5.41) is 0. The van der Waals surface area contributed by atoms with E-state index in [4.69, 9.17) is 5.73 Å². The molecule has 11 heavy (non-hydrogen) atoms. The average Bonchev–Trinajstić information content (AvgIpc) is 1.94. The van der Waals surface area contributed by atoms with Gasteiger partial charge in [0.25, 0.3) is 0 Å². The fourth-order valence-corrected chi connectivity index (χ4v) is 1.24. The van der Waals surface area contributed by atoms with E-state index in [9.17, 15) is 0 Å². The quantitative estimate of drug-likeness (QED) is 0.758. The average molecular weight is 217 g/mol. The van der Waals surface area contributed by atoms with E-state index in [1.807, 2.05) is 19.0 Å². The Balaban J connectivity index is 3.17. The Bertz CT molecular complexity index is 261. The van der Waals surface area contributed by atoms with Crippen molar-refractivity contribution in [1.29, 1.82) is 0 Å². The molecule has 4 nitrogen and oxygen atoms in total. The summed E-state index contributed by atoms with van der Waals surface area (Å²) >= 11 is 3.29. The Morgan fingerprint density at radius 3 is 2.55 bits per heavy atom. The number of nitrogens with zero attached hydrogens (tertiary/aromatic N) is 3. The molecule has 0 aliphatic heterocycles. The lowest BCUT2D eigenvalue weighted by Gasteiger charge is -2.12. The minimum Gasteiger partial charge on any atom is -0.383 e. The third kappa shape index (κ3) is 1.59. The summed E-state index contributed by atoms with van der Waals surface area (Å²) in [5.74, 6) is 1.25. The molecule has 0 radical (unpaired) electrons. The second-order valence-corrected chi connectivity index (χ2v) is 3.08. The van der Waals surface area contributed by atoms with E-state index in [1.165, 1.54) is 6.33 Å². The predicted octanol–water partition coefficient (Wildman–Crippen LogP) is 0.887. The van der Waals surface area contributed by atoms with Gasteiger partial charge in [0.15, 0.2) is 0 Å². The monoisotopic (exact) mass is 216 g/mol. The molecule has 0 aromatic carbocycles. The third-order valence-electron chi connectivity index (χ3n) is 1.22. The topological polar surface area (TPSA) is 55.0 Å². The lowest BCUT2D eigenvalue weighted by molar-refractivity contribution is 1.03. The molecular weight excluding hydrogens is 208 g/mol. The van der Waals surface area contributed by atoms with E-state index in [-0.39, 0.29) is 0 Å². The third-order valence-corrected chi connectivity index (χ3v) is 1.98. The Hall–Kier alpha value is -0.840. The minimum absolute atomic E-state index is 0.462. The standard InChI is InChI=1S/C6H9BrN4/c1-11(2)6-4(7)5(8)9-3-10-6/h3H,1-2H3,(H2,8,9,10). The molecule has 0 aliphatic carbocycles. The summed E-state index contributed by atoms with van der Waals surface area (Å²) < 4.78 is 0.741. The van der Waals surface area contributed by atoms with Gasteiger partial charge in [0, 0.05) is 14.1 Å². The smallest absolute Gasteiger partial charge is 0.148 e. The second kappa shape index (κ2) is 3.04. The molecule has 0 saturated heterocycles. The van der Waals surface area contributed by atoms with Crippen LogP contribution in [-0.2, 0) is 0 Å². The van der Waals surface area contributed by atoms with Crippen LogP contribution < -0.4 is 10.6 Å². The van der Waals surface area contributed by atoms with Crippen LogP contribution in [0.3, 0.4) is 0 Å². The molecule has 0 atom stereocenters. The van der Waals surface area contributed by atoms with Crippen LogP contribution in [0.4, 0.5) is 11.6 Å². The van der Waals surface area contributed by atoms with Gasteiger partial charge in [-0.1, -0.05) is 0 Å². The van der Waals surface area contributed by atoms with Crippen LogP contribution in [0.2, 0.25) is 0 Å². The molecule has 0 aliphatic rings. The Morgan fingerprint density at radius 2 is 2.09 bits per heavy atom. The van der Waals surface area contributed by atoms with Crippen molar-refractivity contribution in [1.82, 2.24) is 9.97 Å². The highest BCUT2D eigenvalue weighted by molar-refractivity contribution is 9.10. The van der Waals surface area contributed by atoms with Crippen molar-refractivity contribution in [3.63, 3.8) is 0 Å². The van der Waals surface area contributed by atoms with Crippen molar-refractivity contribution in [3.8, 4) is 0 Å². The van der Waals surface area contributed by atoms with Crippen LogP contribution in [0.25, 0.3) is 0 Å². The van der Waals surface area contributed by atoms with Gasteiger partial charge in [0.2, 0.25) is 0 Å². The van der Waals surface area contributed by atoms with Crippen molar-refractivity contribution < 1.29 is 0 Å². The highest BCUT2D eigenvalue weighted by atomic mass is 79.9. The van der Waals surface area contributed by atoms with Crippen molar-refractivity contribution in [2.24, 2.45) is 0 Å². The fourth-order valence-electron chi connectivity index (χ4n) is 0.685. The summed E-state index contributed by atoms with van der Waals surface area (Å²) in [5.41, 5.74) is 5.53. The van der Waals surface area contributed by atoms with Crippen LogP contribution in [0.15, 0.2) is 10.8 Å². The Labute approximate surface area is 73.6 Å². The first kappa shape index (κ1) is 8.26. The molecular formula is C6H9BrN4. The maximum Gasteiger partial charge on any atom is 0.148 e. The fraction of sp³-hybridized carbons (Fsp3) is 0.333. The van der Waals surface area contributed by atoms with Gasteiger partial charge >= 0.3 is 0 Å². The van der Waals surface area contributed by atoms with Crippen LogP contribution in [0.1, 0.15) is 0 Å². The van der Waals surface area contributed by atoms with E-state index in [0.717, 1.165) is 10.3 Å². The highest BCUT2D eigenvalue weighted by Crippen LogP contribution is 2.25. The summed E-state index contributed by atoms with van der Waals surface area (Å²) in [7, 11) is 3.79. The first-order chi connectivity index (χ1) is 5.13. The molecule has 0 fully saturated rings. The zero-order valence-electron chi connectivity index (χ0n) is 6.37.